The molecule has 26 heavy (non-hydrogen) atoms. The number of hydrogen-bond acceptors (Lipinski definition) is 4. The first-order chi connectivity index (χ1) is 12.7. The highest BCUT2D eigenvalue weighted by atomic mass is 16.5. The third-order valence-electron chi connectivity index (χ3n) is 5.61. The van der Waals surface area contributed by atoms with Gasteiger partial charge in [0.15, 0.2) is 0 Å². The summed E-state index contributed by atoms with van der Waals surface area (Å²) in [5, 5.41) is 0. The van der Waals surface area contributed by atoms with Crippen LogP contribution in [0.1, 0.15) is 37.4 Å². The van der Waals surface area contributed by atoms with Gasteiger partial charge in [0.25, 0.3) is 0 Å². The van der Waals surface area contributed by atoms with Gasteiger partial charge in [-0.2, -0.15) is 0 Å². The summed E-state index contributed by atoms with van der Waals surface area (Å²) in [6.07, 6.45) is 9.25. The summed E-state index contributed by atoms with van der Waals surface area (Å²) in [5.74, 6) is 1.45. The first-order valence-electron chi connectivity index (χ1n) is 9.55. The predicted molar refractivity (Wildman–Crippen MR) is 98.6 cm³/mol. The summed E-state index contributed by atoms with van der Waals surface area (Å²) in [6, 6.07) is 4.37. The molecule has 138 valence electrons. The van der Waals surface area contributed by atoms with Crippen LogP contribution in [0.15, 0.2) is 30.7 Å². The fraction of sp³-hybridized carbons (Fsp3) is 0.550. The lowest BCUT2D eigenvalue weighted by molar-refractivity contribution is -0.139. The molecule has 2 aromatic rings. The van der Waals surface area contributed by atoms with Crippen LogP contribution in [0.25, 0.3) is 11.4 Å². The molecular formula is C20H26N4O2. The van der Waals surface area contributed by atoms with E-state index in [1.54, 1.807) is 6.20 Å². The van der Waals surface area contributed by atoms with Crippen LogP contribution in [-0.4, -0.2) is 51.6 Å². The maximum absolute atomic E-state index is 12.7. The maximum Gasteiger partial charge on any atom is 0.225 e. The van der Waals surface area contributed by atoms with Crippen LogP contribution in [0.4, 0.5) is 0 Å². The average Bonchev–Trinajstić information content (AvgIpc) is 3.10. The second-order valence-electron chi connectivity index (χ2n) is 7.28. The van der Waals surface area contributed by atoms with Gasteiger partial charge in [-0.05, 0) is 44.7 Å². The lowest BCUT2D eigenvalue weighted by atomic mass is 9.96. The lowest BCUT2D eigenvalue weighted by Crippen LogP contribution is -2.43. The Bertz CT molecular complexity index is 744. The molecule has 0 saturated carbocycles. The molecule has 6 heteroatoms. The second-order valence-corrected chi connectivity index (χ2v) is 7.28. The Hall–Kier alpha value is -2.21. The number of rotatable bonds is 3. The van der Waals surface area contributed by atoms with Crippen molar-refractivity contribution >= 4 is 5.91 Å². The Morgan fingerprint density at radius 1 is 1.15 bits per heavy atom. The van der Waals surface area contributed by atoms with Gasteiger partial charge in [-0.3, -0.25) is 9.78 Å². The molecule has 6 nitrogen and oxygen atoms in total. The number of piperidine rings is 1. The Morgan fingerprint density at radius 3 is 2.62 bits per heavy atom. The predicted octanol–water partition coefficient (Wildman–Crippen LogP) is 2.84. The standard InChI is InChI=1S/C20H26N4O2/c1-15-13-22-19(17-3-2-8-21-14-17)24(15)18-4-9-23(10-5-18)20(25)16-6-11-26-12-7-16/h2-3,8,13-14,16,18H,4-7,9-12H2,1H3. The van der Waals surface area contributed by atoms with Crippen molar-refractivity contribution in [3.05, 3.63) is 36.4 Å². The van der Waals surface area contributed by atoms with E-state index in [2.05, 4.69) is 32.4 Å². The van der Waals surface area contributed by atoms with E-state index in [-0.39, 0.29) is 5.92 Å². The van der Waals surface area contributed by atoms with Gasteiger partial charge in [0.1, 0.15) is 5.82 Å². The first-order valence-corrected chi connectivity index (χ1v) is 9.55. The molecule has 2 aliphatic heterocycles. The molecule has 0 aliphatic carbocycles. The summed E-state index contributed by atoms with van der Waals surface area (Å²) >= 11 is 0. The van der Waals surface area contributed by atoms with Crippen molar-refractivity contribution in [1.29, 1.82) is 0 Å². The highest BCUT2D eigenvalue weighted by Crippen LogP contribution is 2.31. The normalized spacial score (nSPS) is 19.7. The molecule has 2 saturated heterocycles. The zero-order valence-electron chi connectivity index (χ0n) is 15.3. The number of pyridine rings is 1. The maximum atomic E-state index is 12.7. The van der Waals surface area contributed by atoms with Crippen LogP contribution in [0.5, 0.6) is 0 Å². The van der Waals surface area contributed by atoms with E-state index in [1.165, 1.54) is 0 Å². The summed E-state index contributed by atoms with van der Waals surface area (Å²) in [5.41, 5.74) is 2.21. The molecular weight excluding hydrogens is 328 g/mol. The molecule has 4 heterocycles. The number of likely N-dealkylation sites (tertiary alicyclic amines) is 1. The number of carbonyl (C=O) groups is 1. The van der Waals surface area contributed by atoms with Gasteiger partial charge in [0, 0.05) is 68.1 Å². The molecule has 0 bridgehead atoms. The highest BCUT2D eigenvalue weighted by Gasteiger charge is 2.31. The number of hydrogen-bond donors (Lipinski definition) is 0. The molecule has 2 aromatic heterocycles. The van der Waals surface area contributed by atoms with Gasteiger partial charge < -0.3 is 14.2 Å². The van der Waals surface area contributed by atoms with E-state index in [4.69, 9.17) is 4.74 Å². The van der Waals surface area contributed by atoms with E-state index in [0.29, 0.717) is 11.9 Å². The van der Waals surface area contributed by atoms with Crippen molar-refractivity contribution in [3.63, 3.8) is 0 Å². The van der Waals surface area contributed by atoms with Crippen molar-refractivity contribution in [2.75, 3.05) is 26.3 Å². The number of aromatic nitrogens is 3. The van der Waals surface area contributed by atoms with Crippen molar-refractivity contribution in [2.24, 2.45) is 5.92 Å². The minimum absolute atomic E-state index is 0.154. The quantitative estimate of drug-likeness (QED) is 0.850. The van der Waals surface area contributed by atoms with E-state index < -0.39 is 0 Å². The van der Waals surface area contributed by atoms with E-state index in [9.17, 15) is 4.79 Å². The number of aryl methyl sites for hydroxylation is 1. The molecule has 0 radical (unpaired) electrons. The Morgan fingerprint density at radius 2 is 1.92 bits per heavy atom. The van der Waals surface area contributed by atoms with Crippen molar-refractivity contribution < 1.29 is 9.53 Å². The third kappa shape index (κ3) is 3.38. The molecule has 4 rings (SSSR count). The van der Waals surface area contributed by atoms with Gasteiger partial charge in [-0.15, -0.1) is 0 Å². The summed E-state index contributed by atoms with van der Waals surface area (Å²) in [4.78, 5) is 23.6. The van der Waals surface area contributed by atoms with Crippen molar-refractivity contribution in [1.82, 2.24) is 19.4 Å². The summed E-state index contributed by atoms with van der Waals surface area (Å²) < 4.78 is 7.71. The Labute approximate surface area is 154 Å². The van der Waals surface area contributed by atoms with E-state index in [0.717, 1.165) is 69.1 Å². The van der Waals surface area contributed by atoms with Crippen LogP contribution < -0.4 is 0 Å². The minimum atomic E-state index is 0.154. The fourth-order valence-electron chi connectivity index (χ4n) is 4.16. The molecule has 2 fully saturated rings. The van der Waals surface area contributed by atoms with E-state index in [1.807, 2.05) is 18.5 Å². The number of carbonyl (C=O) groups excluding carboxylic acids is 1. The van der Waals surface area contributed by atoms with Crippen LogP contribution >= 0.6 is 0 Å². The minimum Gasteiger partial charge on any atom is -0.381 e. The van der Waals surface area contributed by atoms with Crippen molar-refractivity contribution in [3.8, 4) is 11.4 Å². The second kappa shape index (κ2) is 7.58. The Balaban J connectivity index is 1.45. The van der Waals surface area contributed by atoms with Crippen LogP contribution in [-0.2, 0) is 9.53 Å². The van der Waals surface area contributed by atoms with Gasteiger partial charge in [0.2, 0.25) is 5.91 Å². The summed E-state index contributed by atoms with van der Waals surface area (Å²) in [7, 11) is 0. The van der Waals surface area contributed by atoms with Crippen LogP contribution in [0.2, 0.25) is 0 Å². The monoisotopic (exact) mass is 354 g/mol. The van der Waals surface area contributed by atoms with Crippen molar-refractivity contribution in [2.45, 2.75) is 38.6 Å². The fourth-order valence-corrected chi connectivity index (χ4v) is 4.16. The van der Waals surface area contributed by atoms with Gasteiger partial charge in [-0.1, -0.05) is 0 Å². The molecule has 1 amide bonds. The number of amides is 1. The molecule has 0 unspecified atom stereocenters. The largest absolute Gasteiger partial charge is 0.381 e. The van der Waals surface area contributed by atoms with Gasteiger partial charge in [0.05, 0.1) is 0 Å². The molecule has 0 spiro atoms. The first kappa shape index (κ1) is 17.2. The molecule has 0 N–H and O–H groups in total. The SMILES string of the molecule is Cc1cnc(-c2cccnc2)n1C1CCN(C(=O)C2CCOCC2)CC1. The van der Waals surface area contributed by atoms with Gasteiger partial charge >= 0.3 is 0 Å². The smallest absolute Gasteiger partial charge is 0.225 e. The topological polar surface area (TPSA) is 60.2 Å². The number of ether oxygens (including phenoxy) is 1. The number of nitrogens with zero attached hydrogens (tertiary/aromatic N) is 4. The van der Waals surface area contributed by atoms with E-state index >= 15 is 0 Å². The molecule has 2 aliphatic rings. The average molecular weight is 354 g/mol. The van der Waals surface area contributed by atoms with Gasteiger partial charge in [-0.25, -0.2) is 4.98 Å². The zero-order valence-corrected chi connectivity index (χ0v) is 15.3. The number of imidazole rings is 1. The highest BCUT2D eigenvalue weighted by molar-refractivity contribution is 5.79. The lowest BCUT2D eigenvalue weighted by Gasteiger charge is -2.36. The van der Waals surface area contributed by atoms with Crippen LogP contribution in [0.3, 0.4) is 0 Å². The summed E-state index contributed by atoms with van der Waals surface area (Å²) in [6.45, 7) is 5.19. The van der Waals surface area contributed by atoms with Crippen LogP contribution in [0, 0.1) is 12.8 Å². The third-order valence-corrected chi connectivity index (χ3v) is 5.61. The Kier molecular flexibility index (Phi) is 5.02. The zero-order chi connectivity index (χ0) is 17.9. The molecule has 0 aromatic carbocycles. The molecule has 0 atom stereocenters.